The number of esters is 1. The first kappa shape index (κ1) is 25.3. The normalized spacial score (nSPS) is 10.6. The first-order valence-electron chi connectivity index (χ1n) is 12.1. The van der Waals surface area contributed by atoms with Crippen molar-refractivity contribution >= 4 is 34.0 Å². The fourth-order valence-electron chi connectivity index (χ4n) is 4.15. The van der Waals surface area contributed by atoms with Gasteiger partial charge in [0, 0.05) is 23.3 Å². The van der Waals surface area contributed by atoms with Crippen LogP contribution >= 0.6 is 0 Å². The Morgan fingerprint density at radius 3 is 2.03 bits per heavy atom. The molecule has 0 radical (unpaired) electrons. The molecular formula is C31H23N3O5. The van der Waals surface area contributed by atoms with Gasteiger partial charge in [-0.2, -0.15) is 0 Å². The average molecular weight is 518 g/mol. The molecule has 5 rings (SSSR count). The maximum Gasteiger partial charge on any atom is 0.356 e. The lowest BCUT2D eigenvalue weighted by Gasteiger charge is -2.13. The number of aromatic nitrogens is 1. The quantitative estimate of drug-likeness (QED) is 0.0984. The molecule has 0 bridgehead atoms. The number of nitrogens with zero attached hydrogens (tertiary/aromatic N) is 3. The number of nitro groups is 1. The van der Waals surface area contributed by atoms with Crippen LogP contribution in [0.25, 0.3) is 10.9 Å². The van der Waals surface area contributed by atoms with Gasteiger partial charge in [0.15, 0.2) is 11.2 Å². The maximum atomic E-state index is 12.4. The molecule has 1 heterocycles. The third-order valence-corrected chi connectivity index (χ3v) is 6.00. The molecule has 0 fully saturated rings. The molecule has 0 saturated heterocycles. The number of benzene rings is 4. The first-order valence-corrected chi connectivity index (χ1v) is 12.1. The lowest BCUT2D eigenvalue weighted by atomic mass is 10.0. The molecular weight excluding hydrogens is 494 g/mol. The smallest absolute Gasteiger partial charge is 0.356 e. The number of methoxy groups -OCH3 is 1. The van der Waals surface area contributed by atoms with E-state index in [0.29, 0.717) is 16.8 Å². The average Bonchev–Trinajstić information content (AvgIpc) is 2.99. The van der Waals surface area contributed by atoms with Crippen LogP contribution in [0.5, 0.6) is 5.75 Å². The van der Waals surface area contributed by atoms with E-state index in [4.69, 9.17) is 14.5 Å². The minimum atomic E-state index is -0.728. The van der Waals surface area contributed by atoms with E-state index in [1.54, 1.807) is 6.07 Å². The first-order chi connectivity index (χ1) is 19.0. The molecule has 0 N–H and O–H groups in total. The molecule has 1 aromatic heterocycles. The van der Waals surface area contributed by atoms with Gasteiger partial charge < -0.3 is 9.47 Å². The van der Waals surface area contributed by atoms with Crippen LogP contribution in [0, 0.1) is 10.1 Å². The molecule has 39 heavy (non-hydrogen) atoms. The summed E-state index contributed by atoms with van der Waals surface area (Å²) in [5, 5.41) is 12.5. The summed E-state index contributed by atoms with van der Waals surface area (Å²) in [4.78, 5) is 33.2. The lowest BCUT2D eigenvalue weighted by Crippen LogP contribution is -2.07. The Morgan fingerprint density at radius 2 is 1.46 bits per heavy atom. The second-order valence-electron chi connectivity index (χ2n) is 8.58. The molecule has 0 aliphatic carbocycles. The predicted octanol–water partition coefficient (Wildman–Crippen LogP) is 6.68. The Kier molecular flexibility index (Phi) is 7.36. The number of fused-ring (bicyclic) bond motifs is 1. The zero-order valence-corrected chi connectivity index (χ0v) is 21.0. The fourth-order valence-corrected chi connectivity index (χ4v) is 4.15. The standard InChI is InChI=1S/C31H23N3O5/c1-38-31(35)26-19-28(39-20-21-11-5-2-6-12-21)25-17-24(18-27(34(36)37)30(25)33-26)32-29(22-13-7-3-8-14-22)23-15-9-4-10-16-23/h2-19H,20H2,1H3. The number of rotatable bonds is 8. The van der Waals surface area contributed by atoms with Gasteiger partial charge in [0.05, 0.1) is 28.8 Å². The van der Waals surface area contributed by atoms with E-state index in [9.17, 15) is 14.9 Å². The largest absolute Gasteiger partial charge is 0.488 e. The van der Waals surface area contributed by atoms with Crippen molar-refractivity contribution in [2.75, 3.05) is 7.11 Å². The molecule has 0 saturated carbocycles. The van der Waals surface area contributed by atoms with Crippen molar-refractivity contribution in [2.24, 2.45) is 4.99 Å². The van der Waals surface area contributed by atoms with Crippen LogP contribution in [-0.4, -0.2) is 28.7 Å². The highest BCUT2D eigenvalue weighted by atomic mass is 16.6. The van der Waals surface area contributed by atoms with Crippen LogP contribution in [0.4, 0.5) is 11.4 Å². The summed E-state index contributed by atoms with van der Waals surface area (Å²) in [6, 6.07) is 33.1. The Labute approximate surface area is 224 Å². The van der Waals surface area contributed by atoms with Crippen LogP contribution in [0.3, 0.4) is 0 Å². The minimum Gasteiger partial charge on any atom is -0.488 e. The summed E-state index contributed by atoms with van der Waals surface area (Å²) in [7, 11) is 1.22. The molecule has 192 valence electrons. The van der Waals surface area contributed by atoms with Gasteiger partial charge in [-0.1, -0.05) is 91.0 Å². The second kappa shape index (κ2) is 11.4. The summed E-state index contributed by atoms with van der Waals surface area (Å²) in [5.41, 5.74) is 3.19. The van der Waals surface area contributed by atoms with Crippen molar-refractivity contribution in [2.45, 2.75) is 6.61 Å². The second-order valence-corrected chi connectivity index (χ2v) is 8.58. The highest BCUT2D eigenvalue weighted by Gasteiger charge is 2.22. The van der Waals surface area contributed by atoms with Crippen LogP contribution in [-0.2, 0) is 11.3 Å². The molecule has 0 amide bonds. The van der Waals surface area contributed by atoms with E-state index in [0.717, 1.165) is 16.7 Å². The highest BCUT2D eigenvalue weighted by molar-refractivity contribution is 6.14. The number of carbonyl (C=O) groups excluding carboxylic acids is 1. The van der Waals surface area contributed by atoms with Crippen molar-refractivity contribution in [3.63, 3.8) is 0 Å². The molecule has 8 nitrogen and oxygen atoms in total. The monoisotopic (exact) mass is 517 g/mol. The van der Waals surface area contributed by atoms with Gasteiger partial charge in [-0.15, -0.1) is 0 Å². The Morgan fingerprint density at radius 1 is 0.872 bits per heavy atom. The number of aliphatic imine (C=N–C) groups is 1. The van der Waals surface area contributed by atoms with E-state index in [2.05, 4.69) is 4.98 Å². The molecule has 0 atom stereocenters. The summed E-state index contributed by atoms with van der Waals surface area (Å²) >= 11 is 0. The topological polar surface area (TPSA) is 104 Å². The number of hydrogen-bond acceptors (Lipinski definition) is 7. The van der Waals surface area contributed by atoms with Gasteiger partial charge in [0.1, 0.15) is 12.4 Å². The summed E-state index contributed by atoms with van der Waals surface area (Å²) in [6.07, 6.45) is 0. The number of nitro benzene ring substituents is 1. The Bertz CT molecular complexity index is 1630. The van der Waals surface area contributed by atoms with E-state index in [-0.39, 0.29) is 29.3 Å². The summed E-state index contributed by atoms with van der Waals surface area (Å²) in [6.45, 7) is 0.182. The molecule has 0 spiro atoms. The molecule has 0 unspecified atom stereocenters. The molecule has 5 aromatic rings. The van der Waals surface area contributed by atoms with Crippen LogP contribution < -0.4 is 4.74 Å². The van der Waals surface area contributed by atoms with Gasteiger partial charge in [-0.3, -0.25) is 10.1 Å². The Balaban J connectivity index is 1.72. The van der Waals surface area contributed by atoms with Crippen LogP contribution in [0.2, 0.25) is 0 Å². The lowest BCUT2D eigenvalue weighted by molar-refractivity contribution is -0.383. The number of hydrogen-bond donors (Lipinski definition) is 0. The minimum absolute atomic E-state index is 0.00545. The SMILES string of the molecule is COC(=O)c1cc(OCc2ccccc2)c2cc(N=C(c3ccccc3)c3ccccc3)cc([N+](=O)[O-])c2n1. The van der Waals surface area contributed by atoms with Crippen molar-refractivity contribution < 1.29 is 19.2 Å². The zero-order valence-electron chi connectivity index (χ0n) is 21.0. The highest BCUT2D eigenvalue weighted by Crippen LogP contribution is 2.37. The molecule has 4 aromatic carbocycles. The van der Waals surface area contributed by atoms with Gasteiger partial charge >= 0.3 is 5.97 Å². The van der Waals surface area contributed by atoms with E-state index < -0.39 is 10.9 Å². The summed E-state index contributed by atoms with van der Waals surface area (Å²) in [5.74, 6) is -0.473. The van der Waals surface area contributed by atoms with Crippen molar-refractivity contribution in [1.29, 1.82) is 0 Å². The number of non-ortho nitro benzene ring substituents is 1. The van der Waals surface area contributed by atoms with Crippen LogP contribution in [0.1, 0.15) is 27.2 Å². The number of pyridine rings is 1. The van der Waals surface area contributed by atoms with E-state index >= 15 is 0 Å². The van der Waals surface area contributed by atoms with Crippen molar-refractivity contribution in [3.8, 4) is 5.75 Å². The van der Waals surface area contributed by atoms with Gasteiger partial charge in [-0.05, 0) is 11.6 Å². The van der Waals surface area contributed by atoms with E-state index in [1.165, 1.54) is 19.2 Å². The van der Waals surface area contributed by atoms with Gasteiger partial charge in [0.2, 0.25) is 0 Å². The van der Waals surface area contributed by atoms with Crippen molar-refractivity contribution in [1.82, 2.24) is 4.98 Å². The van der Waals surface area contributed by atoms with Gasteiger partial charge in [-0.25, -0.2) is 14.8 Å². The number of ether oxygens (including phenoxy) is 2. The predicted molar refractivity (Wildman–Crippen MR) is 149 cm³/mol. The van der Waals surface area contributed by atoms with Crippen molar-refractivity contribution in [3.05, 3.63) is 142 Å². The number of carbonyl (C=O) groups is 1. The molecule has 8 heteroatoms. The van der Waals surface area contributed by atoms with E-state index in [1.807, 2.05) is 91.0 Å². The van der Waals surface area contributed by atoms with Crippen LogP contribution in [0.15, 0.2) is 114 Å². The molecule has 0 aliphatic rings. The maximum absolute atomic E-state index is 12.4. The fraction of sp³-hybridized carbons (Fsp3) is 0.0645. The zero-order chi connectivity index (χ0) is 27.2. The third kappa shape index (κ3) is 5.65. The van der Waals surface area contributed by atoms with Gasteiger partial charge in [0.25, 0.3) is 5.69 Å². The Hall–Kier alpha value is -5.37. The molecule has 0 aliphatic heterocycles. The third-order valence-electron chi connectivity index (χ3n) is 6.00. The summed E-state index contributed by atoms with van der Waals surface area (Å²) < 4.78 is 10.9.